The third-order valence-electron chi connectivity index (χ3n) is 2.21. The standard InChI is InChI=1S/C10H9N3O3S/c14-9(15)7-6(12-10(16)13-7)8(17)5-3-1-2-4-11-5/h1-4,8,17H,(H,14,15)(H2,12,13,16). The van der Waals surface area contributed by atoms with Gasteiger partial charge in [-0.1, -0.05) is 6.07 Å². The highest BCUT2D eigenvalue weighted by Gasteiger charge is 2.21. The summed E-state index contributed by atoms with van der Waals surface area (Å²) >= 11 is 4.27. The lowest BCUT2D eigenvalue weighted by Gasteiger charge is -2.08. The van der Waals surface area contributed by atoms with Gasteiger partial charge < -0.3 is 10.1 Å². The number of carboxylic acids is 1. The number of aromatic carboxylic acids is 1. The molecule has 0 amide bonds. The maximum atomic E-state index is 11.1. The van der Waals surface area contributed by atoms with Gasteiger partial charge >= 0.3 is 11.7 Å². The first-order valence-corrected chi connectivity index (χ1v) is 5.25. The van der Waals surface area contributed by atoms with Gasteiger partial charge in [0.05, 0.1) is 16.6 Å². The molecule has 2 aromatic rings. The van der Waals surface area contributed by atoms with Crippen molar-refractivity contribution in [2.75, 3.05) is 0 Å². The maximum absolute atomic E-state index is 11.1. The van der Waals surface area contributed by atoms with Crippen molar-refractivity contribution >= 4 is 18.6 Å². The van der Waals surface area contributed by atoms with Gasteiger partial charge in [0.15, 0.2) is 0 Å². The molecule has 2 rings (SSSR count). The van der Waals surface area contributed by atoms with Gasteiger partial charge in [-0.05, 0) is 12.1 Å². The molecule has 17 heavy (non-hydrogen) atoms. The zero-order valence-electron chi connectivity index (χ0n) is 8.54. The van der Waals surface area contributed by atoms with E-state index in [4.69, 9.17) is 5.11 Å². The molecule has 0 aliphatic rings. The van der Waals surface area contributed by atoms with Crippen LogP contribution in [0, 0.1) is 0 Å². The van der Waals surface area contributed by atoms with Crippen LogP contribution in [0.25, 0.3) is 0 Å². The molecule has 7 heteroatoms. The van der Waals surface area contributed by atoms with E-state index in [1.54, 1.807) is 24.4 Å². The smallest absolute Gasteiger partial charge is 0.354 e. The van der Waals surface area contributed by atoms with E-state index in [1.807, 2.05) is 0 Å². The minimum Gasteiger partial charge on any atom is -0.477 e. The van der Waals surface area contributed by atoms with Crippen molar-refractivity contribution in [3.8, 4) is 0 Å². The number of thiol groups is 1. The molecule has 6 nitrogen and oxygen atoms in total. The summed E-state index contributed by atoms with van der Waals surface area (Å²) in [7, 11) is 0. The Morgan fingerprint density at radius 3 is 2.76 bits per heavy atom. The summed E-state index contributed by atoms with van der Waals surface area (Å²) in [6.45, 7) is 0. The van der Waals surface area contributed by atoms with Crippen LogP contribution in [0.5, 0.6) is 0 Å². The number of H-pyrrole nitrogens is 2. The molecule has 1 unspecified atom stereocenters. The first-order valence-electron chi connectivity index (χ1n) is 4.74. The molecule has 0 spiro atoms. The van der Waals surface area contributed by atoms with Crippen molar-refractivity contribution in [1.82, 2.24) is 15.0 Å². The normalized spacial score (nSPS) is 12.3. The maximum Gasteiger partial charge on any atom is 0.354 e. The third-order valence-corrected chi connectivity index (χ3v) is 2.73. The fraction of sp³-hybridized carbons (Fsp3) is 0.100. The van der Waals surface area contributed by atoms with Gasteiger partial charge in [0.25, 0.3) is 0 Å². The van der Waals surface area contributed by atoms with Gasteiger partial charge in [-0.25, -0.2) is 9.59 Å². The highest BCUT2D eigenvalue weighted by atomic mass is 32.1. The number of hydrogen-bond donors (Lipinski definition) is 4. The van der Waals surface area contributed by atoms with Gasteiger partial charge in [0, 0.05) is 6.20 Å². The summed E-state index contributed by atoms with van der Waals surface area (Å²) in [5, 5.41) is 8.33. The summed E-state index contributed by atoms with van der Waals surface area (Å²) in [6, 6.07) is 5.20. The van der Waals surface area contributed by atoms with E-state index >= 15 is 0 Å². The van der Waals surface area contributed by atoms with Gasteiger partial charge in [-0.2, -0.15) is 12.6 Å². The zero-order valence-corrected chi connectivity index (χ0v) is 9.44. The minimum absolute atomic E-state index is 0.194. The second-order valence-corrected chi connectivity index (χ2v) is 3.85. The molecule has 0 saturated carbocycles. The molecule has 0 fully saturated rings. The number of pyridine rings is 1. The van der Waals surface area contributed by atoms with E-state index in [-0.39, 0.29) is 11.4 Å². The van der Waals surface area contributed by atoms with Crippen LogP contribution in [0.2, 0.25) is 0 Å². The van der Waals surface area contributed by atoms with E-state index in [0.29, 0.717) is 5.69 Å². The summed E-state index contributed by atoms with van der Waals surface area (Å²) < 4.78 is 0. The number of carboxylic acid groups (broad SMARTS) is 1. The molecule has 1 atom stereocenters. The van der Waals surface area contributed by atoms with Crippen molar-refractivity contribution in [3.63, 3.8) is 0 Å². The Labute approximate surface area is 101 Å². The van der Waals surface area contributed by atoms with Gasteiger partial charge in [-0.3, -0.25) is 9.97 Å². The van der Waals surface area contributed by atoms with Gasteiger partial charge in [-0.15, -0.1) is 0 Å². The van der Waals surface area contributed by atoms with Gasteiger partial charge in [0.1, 0.15) is 5.69 Å². The second-order valence-electron chi connectivity index (χ2n) is 3.33. The molecule has 2 heterocycles. The summed E-state index contributed by atoms with van der Waals surface area (Å²) in [5.41, 5.74) is -0.00819. The van der Waals surface area contributed by atoms with Crippen molar-refractivity contribution in [2.24, 2.45) is 0 Å². The van der Waals surface area contributed by atoms with Crippen LogP contribution < -0.4 is 5.69 Å². The topological polar surface area (TPSA) is 98.8 Å². The molecule has 3 N–H and O–H groups in total. The van der Waals surface area contributed by atoms with Crippen molar-refractivity contribution in [3.05, 3.63) is 52.0 Å². The third kappa shape index (κ3) is 2.23. The van der Waals surface area contributed by atoms with Crippen LogP contribution >= 0.6 is 12.6 Å². The highest BCUT2D eigenvalue weighted by molar-refractivity contribution is 7.80. The van der Waals surface area contributed by atoms with Crippen LogP contribution in [0.15, 0.2) is 29.2 Å². The van der Waals surface area contributed by atoms with Crippen LogP contribution in [-0.2, 0) is 0 Å². The lowest BCUT2D eigenvalue weighted by molar-refractivity contribution is 0.0690. The monoisotopic (exact) mass is 251 g/mol. The number of aromatic nitrogens is 3. The Kier molecular flexibility index (Phi) is 3.01. The first-order chi connectivity index (χ1) is 8.09. The SMILES string of the molecule is O=C(O)c1[nH]c(=O)[nH]c1C(S)c1ccccn1. The number of rotatable bonds is 3. The Hall–Kier alpha value is -2.02. The molecule has 0 bridgehead atoms. The zero-order chi connectivity index (χ0) is 12.4. The molecule has 88 valence electrons. The van der Waals surface area contributed by atoms with E-state index < -0.39 is 16.9 Å². The lowest BCUT2D eigenvalue weighted by Crippen LogP contribution is -2.05. The molecular formula is C10H9N3O3S. The van der Waals surface area contributed by atoms with E-state index in [9.17, 15) is 9.59 Å². The molecule has 0 aliphatic heterocycles. The summed E-state index contributed by atoms with van der Waals surface area (Å²) in [6.07, 6.45) is 1.57. The second kappa shape index (κ2) is 4.46. The predicted octanol–water partition coefficient (Wildman–Crippen LogP) is 0.815. The number of hydrogen-bond acceptors (Lipinski definition) is 4. The molecule has 0 aromatic carbocycles. The van der Waals surface area contributed by atoms with Crippen molar-refractivity contribution in [1.29, 1.82) is 0 Å². The molecule has 0 aliphatic carbocycles. The number of imidazole rings is 1. The first kappa shape index (κ1) is 11.5. The van der Waals surface area contributed by atoms with Crippen molar-refractivity contribution in [2.45, 2.75) is 5.25 Å². The van der Waals surface area contributed by atoms with Gasteiger partial charge in [0.2, 0.25) is 0 Å². The molecule has 2 aromatic heterocycles. The fourth-order valence-electron chi connectivity index (χ4n) is 1.46. The number of aromatic amines is 2. The Bertz CT molecular complexity index is 590. The summed E-state index contributed by atoms with van der Waals surface area (Å²) in [5.74, 6) is -1.21. The number of nitrogens with zero attached hydrogens (tertiary/aromatic N) is 1. The van der Waals surface area contributed by atoms with E-state index in [1.165, 1.54) is 0 Å². The Morgan fingerprint density at radius 2 is 2.18 bits per heavy atom. The van der Waals surface area contributed by atoms with Crippen LogP contribution in [0.3, 0.4) is 0 Å². The summed E-state index contributed by atoms with van der Waals surface area (Å²) in [4.78, 5) is 30.7. The van der Waals surface area contributed by atoms with Crippen LogP contribution in [0.4, 0.5) is 0 Å². The molecule has 0 saturated heterocycles. The highest BCUT2D eigenvalue weighted by Crippen LogP contribution is 2.26. The van der Waals surface area contributed by atoms with Crippen molar-refractivity contribution < 1.29 is 9.90 Å². The quantitative estimate of drug-likeness (QED) is 0.607. The lowest BCUT2D eigenvalue weighted by atomic mass is 10.2. The number of nitrogens with one attached hydrogen (secondary N) is 2. The van der Waals surface area contributed by atoms with E-state index in [0.717, 1.165) is 0 Å². The molecular weight excluding hydrogens is 242 g/mol. The Balaban J connectivity index is 2.47. The molecule has 0 radical (unpaired) electrons. The Morgan fingerprint density at radius 1 is 1.41 bits per heavy atom. The number of carbonyl (C=O) groups is 1. The average Bonchev–Trinajstić information content (AvgIpc) is 2.72. The minimum atomic E-state index is -1.21. The van der Waals surface area contributed by atoms with Crippen LogP contribution in [-0.4, -0.2) is 26.0 Å². The van der Waals surface area contributed by atoms with Crippen LogP contribution in [0.1, 0.15) is 27.1 Å². The fourth-order valence-corrected chi connectivity index (χ4v) is 1.80. The predicted molar refractivity (Wildman–Crippen MR) is 63.4 cm³/mol. The van der Waals surface area contributed by atoms with E-state index in [2.05, 4.69) is 27.6 Å². The largest absolute Gasteiger partial charge is 0.477 e. The average molecular weight is 251 g/mol.